The Morgan fingerprint density at radius 1 is 1.23 bits per heavy atom. The number of carbonyl (C=O) groups excluding carboxylic acids is 1. The highest BCUT2D eigenvalue weighted by Crippen LogP contribution is 2.27. The zero-order valence-electron chi connectivity index (χ0n) is 14.0. The maximum Gasteiger partial charge on any atom is 0.271 e. The number of hydrogen-bond acceptors (Lipinski definition) is 5. The first kappa shape index (κ1) is 19.7. The normalized spacial score (nSPS) is 11.0. The predicted octanol–water partition coefficient (Wildman–Crippen LogP) is 2.96. The summed E-state index contributed by atoms with van der Waals surface area (Å²) in [5, 5.41) is 13.3. The number of halogens is 1. The Morgan fingerprint density at radius 3 is 2.38 bits per heavy atom. The standard InChI is InChI=1S/C16H16ClN3O5S/c1-11-3-5-12(6-4-11)19(26(2,24)25)10-16(21)18-15-9-13(20(22)23)7-8-14(15)17/h3-9H,10H2,1-2H3,(H,18,21). The van der Waals surface area contributed by atoms with E-state index in [2.05, 4.69) is 5.32 Å². The smallest absolute Gasteiger partial charge is 0.271 e. The summed E-state index contributed by atoms with van der Waals surface area (Å²) in [5.74, 6) is -0.682. The maximum atomic E-state index is 12.3. The van der Waals surface area contributed by atoms with E-state index in [1.54, 1.807) is 24.3 Å². The first-order chi connectivity index (χ1) is 12.1. The molecule has 0 spiro atoms. The number of non-ortho nitro benzene ring substituents is 1. The largest absolute Gasteiger partial charge is 0.323 e. The number of aryl methyl sites for hydroxylation is 1. The van der Waals surface area contributed by atoms with E-state index in [1.165, 1.54) is 12.1 Å². The molecule has 0 aliphatic carbocycles. The molecule has 0 fully saturated rings. The average molecular weight is 398 g/mol. The van der Waals surface area contributed by atoms with Gasteiger partial charge in [0.05, 0.1) is 27.6 Å². The summed E-state index contributed by atoms with van der Waals surface area (Å²) in [7, 11) is -3.72. The number of anilines is 2. The second-order valence-corrected chi connectivity index (χ2v) is 7.89. The van der Waals surface area contributed by atoms with Crippen LogP contribution in [0.1, 0.15) is 5.56 Å². The molecule has 8 nitrogen and oxygen atoms in total. The van der Waals surface area contributed by atoms with Crippen molar-refractivity contribution in [2.45, 2.75) is 6.92 Å². The van der Waals surface area contributed by atoms with Gasteiger partial charge in [0.25, 0.3) is 5.69 Å². The molecule has 10 heteroatoms. The Hall–Kier alpha value is -2.65. The van der Waals surface area contributed by atoms with Crippen LogP contribution in [0, 0.1) is 17.0 Å². The van der Waals surface area contributed by atoms with Gasteiger partial charge in [-0.05, 0) is 25.1 Å². The van der Waals surface area contributed by atoms with Crippen molar-refractivity contribution in [3.05, 3.63) is 63.2 Å². The number of nitrogens with zero attached hydrogens (tertiary/aromatic N) is 2. The third kappa shape index (κ3) is 4.93. The van der Waals surface area contributed by atoms with Gasteiger partial charge in [-0.2, -0.15) is 0 Å². The highest BCUT2D eigenvalue weighted by molar-refractivity contribution is 7.92. The molecule has 0 unspecified atom stereocenters. The third-order valence-electron chi connectivity index (χ3n) is 3.44. The number of rotatable bonds is 6. The van der Waals surface area contributed by atoms with Crippen LogP contribution >= 0.6 is 11.6 Å². The van der Waals surface area contributed by atoms with Gasteiger partial charge in [-0.1, -0.05) is 29.3 Å². The minimum Gasteiger partial charge on any atom is -0.323 e. The van der Waals surface area contributed by atoms with E-state index in [9.17, 15) is 23.3 Å². The number of sulfonamides is 1. The van der Waals surface area contributed by atoms with Gasteiger partial charge < -0.3 is 5.32 Å². The molecule has 2 aromatic rings. The number of nitro benzene ring substituents is 1. The van der Waals surface area contributed by atoms with Gasteiger partial charge in [0.15, 0.2) is 0 Å². The van der Waals surface area contributed by atoms with Gasteiger partial charge in [0.1, 0.15) is 6.54 Å². The van der Waals surface area contributed by atoms with Crippen molar-refractivity contribution >= 4 is 44.6 Å². The Morgan fingerprint density at radius 2 is 1.85 bits per heavy atom. The topological polar surface area (TPSA) is 110 Å². The number of benzene rings is 2. The highest BCUT2D eigenvalue weighted by atomic mass is 35.5. The molecule has 2 rings (SSSR count). The zero-order chi connectivity index (χ0) is 19.5. The Labute approximate surface area is 155 Å². The van der Waals surface area contributed by atoms with Gasteiger partial charge in [0.2, 0.25) is 15.9 Å². The van der Waals surface area contributed by atoms with Crippen molar-refractivity contribution < 1.29 is 18.1 Å². The van der Waals surface area contributed by atoms with E-state index in [4.69, 9.17) is 11.6 Å². The van der Waals surface area contributed by atoms with Gasteiger partial charge in [-0.3, -0.25) is 19.2 Å². The van der Waals surface area contributed by atoms with E-state index >= 15 is 0 Å². The highest BCUT2D eigenvalue weighted by Gasteiger charge is 2.21. The molecular formula is C16H16ClN3O5S. The lowest BCUT2D eigenvalue weighted by Gasteiger charge is -2.22. The lowest BCUT2D eigenvalue weighted by atomic mass is 10.2. The van der Waals surface area contributed by atoms with Gasteiger partial charge in [0, 0.05) is 12.1 Å². The van der Waals surface area contributed by atoms with Crippen LogP contribution < -0.4 is 9.62 Å². The number of amides is 1. The molecule has 0 radical (unpaired) electrons. The molecule has 2 aromatic carbocycles. The van der Waals surface area contributed by atoms with Crippen molar-refractivity contribution in [3.63, 3.8) is 0 Å². The van der Waals surface area contributed by atoms with Gasteiger partial charge in [-0.25, -0.2) is 8.42 Å². The SMILES string of the molecule is Cc1ccc(N(CC(=O)Nc2cc([N+](=O)[O-])ccc2Cl)S(C)(=O)=O)cc1. The molecule has 0 bridgehead atoms. The predicted molar refractivity (Wildman–Crippen MR) is 100 cm³/mol. The van der Waals surface area contributed by atoms with E-state index < -0.39 is 27.4 Å². The summed E-state index contributed by atoms with van der Waals surface area (Å²) in [4.78, 5) is 22.5. The van der Waals surface area contributed by atoms with Crippen molar-refractivity contribution in [1.29, 1.82) is 0 Å². The summed E-state index contributed by atoms with van der Waals surface area (Å²) in [6.45, 7) is 1.35. The van der Waals surface area contributed by atoms with E-state index in [1.807, 2.05) is 6.92 Å². The molecule has 26 heavy (non-hydrogen) atoms. The van der Waals surface area contributed by atoms with Crippen LogP contribution in [0.4, 0.5) is 17.1 Å². The fourth-order valence-corrected chi connectivity index (χ4v) is 3.18. The molecule has 0 saturated heterocycles. The molecule has 1 N–H and O–H groups in total. The third-order valence-corrected chi connectivity index (χ3v) is 4.91. The van der Waals surface area contributed by atoms with E-state index in [-0.39, 0.29) is 16.4 Å². The van der Waals surface area contributed by atoms with Crippen molar-refractivity contribution in [1.82, 2.24) is 0 Å². The fraction of sp³-hybridized carbons (Fsp3) is 0.188. The van der Waals surface area contributed by atoms with Crippen molar-refractivity contribution in [2.24, 2.45) is 0 Å². The summed E-state index contributed by atoms with van der Waals surface area (Å²) >= 11 is 5.94. The molecule has 0 heterocycles. The molecule has 0 aromatic heterocycles. The number of carbonyl (C=O) groups is 1. The quantitative estimate of drug-likeness (QED) is 0.595. The van der Waals surface area contributed by atoms with Crippen LogP contribution in [0.3, 0.4) is 0 Å². The van der Waals surface area contributed by atoms with Gasteiger partial charge in [-0.15, -0.1) is 0 Å². The van der Waals surface area contributed by atoms with Crippen molar-refractivity contribution in [3.8, 4) is 0 Å². The molecular weight excluding hydrogens is 382 g/mol. The van der Waals surface area contributed by atoms with Crippen LogP contribution in [0.15, 0.2) is 42.5 Å². The van der Waals surface area contributed by atoms with Crippen LogP contribution in [-0.2, 0) is 14.8 Å². The molecule has 0 saturated carbocycles. The maximum absolute atomic E-state index is 12.3. The van der Waals surface area contributed by atoms with Crippen LogP contribution in [0.2, 0.25) is 5.02 Å². The Kier molecular flexibility index (Phi) is 5.83. The average Bonchev–Trinajstić information content (AvgIpc) is 2.54. The Balaban J connectivity index is 2.24. The molecule has 1 amide bonds. The Bertz CT molecular complexity index is 945. The zero-order valence-corrected chi connectivity index (χ0v) is 15.5. The monoisotopic (exact) mass is 397 g/mol. The first-order valence-corrected chi connectivity index (χ1v) is 9.59. The number of nitrogens with one attached hydrogen (secondary N) is 1. The lowest BCUT2D eigenvalue weighted by Crippen LogP contribution is -2.37. The number of nitro groups is 1. The second-order valence-electron chi connectivity index (χ2n) is 5.57. The fourth-order valence-electron chi connectivity index (χ4n) is 2.15. The summed E-state index contributed by atoms with van der Waals surface area (Å²) in [5.41, 5.74) is 1.06. The second kappa shape index (κ2) is 7.71. The van der Waals surface area contributed by atoms with Gasteiger partial charge >= 0.3 is 0 Å². The van der Waals surface area contributed by atoms with Crippen LogP contribution in [0.25, 0.3) is 0 Å². The molecule has 0 aliphatic rings. The van der Waals surface area contributed by atoms with Crippen LogP contribution in [0.5, 0.6) is 0 Å². The van der Waals surface area contributed by atoms with E-state index in [0.29, 0.717) is 5.69 Å². The molecule has 0 aliphatic heterocycles. The first-order valence-electron chi connectivity index (χ1n) is 7.36. The minimum absolute atomic E-state index is 0.0308. The molecule has 138 valence electrons. The summed E-state index contributed by atoms with van der Waals surface area (Å²) < 4.78 is 25.0. The van der Waals surface area contributed by atoms with Crippen molar-refractivity contribution in [2.75, 3.05) is 22.4 Å². The molecule has 0 atom stereocenters. The van der Waals surface area contributed by atoms with Crippen LogP contribution in [-0.4, -0.2) is 32.0 Å². The lowest BCUT2D eigenvalue weighted by molar-refractivity contribution is -0.384. The van der Waals surface area contributed by atoms with E-state index in [0.717, 1.165) is 22.2 Å². The minimum atomic E-state index is -3.72. The number of hydrogen-bond donors (Lipinski definition) is 1. The summed E-state index contributed by atoms with van der Waals surface area (Å²) in [6, 6.07) is 10.2. The summed E-state index contributed by atoms with van der Waals surface area (Å²) in [6.07, 6.45) is 0.987.